The zero-order valence-corrected chi connectivity index (χ0v) is 17.3. The second kappa shape index (κ2) is 9.15. The number of hydrogen-bond acceptors (Lipinski definition) is 6. The second-order valence-corrected chi connectivity index (χ2v) is 9.17. The monoisotopic (exact) mass is 393 g/mol. The lowest BCUT2D eigenvalue weighted by molar-refractivity contribution is -0.118. The van der Waals surface area contributed by atoms with Gasteiger partial charge < -0.3 is 10.1 Å². The lowest BCUT2D eigenvalue weighted by Crippen LogP contribution is -2.27. The summed E-state index contributed by atoms with van der Waals surface area (Å²) in [5.41, 5.74) is 1.41. The van der Waals surface area contributed by atoms with Crippen LogP contribution in [0.1, 0.15) is 44.1 Å². The average Bonchev–Trinajstić information content (AvgIpc) is 2.97. The number of nitrogens with zero attached hydrogens (tertiary/aromatic N) is 2. The standard InChI is InChI=1S/C19H27N3O2S2/c1-12(2)24-8-4-7-20-16(23)10-25-18-17-14-6-5-13(3)9-15(14)26-19(17)22-11-21-18/h11-13H,4-10H2,1-3H3,(H,20,23)/t13-/m1/s1. The van der Waals surface area contributed by atoms with Crippen LogP contribution in [-0.2, 0) is 22.4 Å². The molecule has 0 fully saturated rings. The number of amides is 1. The summed E-state index contributed by atoms with van der Waals surface area (Å²) < 4.78 is 5.48. The molecular formula is C19H27N3O2S2. The third kappa shape index (κ3) is 4.96. The molecule has 0 aliphatic heterocycles. The lowest BCUT2D eigenvalue weighted by atomic mass is 9.89. The van der Waals surface area contributed by atoms with Gasteiger partial charge in [-0.3, -0.25) is 4.79 Å². The minimum absolute atomic E-state index is 0.0454. The molecule has 0 unspecified atom stereocenters. The summed E-state index contributed by atoms with van der Waals surface area (Å²) in [6.07, 6.45) is 6.15. The third-order valence-corrected chi connectivity index (χ3v) is 6.64. The topological polar surface area (TPSA) is 64.1 Å². The van der Waals surface area contributed by atoms with E-state index in [0.717, 1.165) is 35.0 Å². The van der Waals surface area contributed by atoms with Crippen molar-refractivity contribution in [3.8, 4) is 0 Å². The van der Waals surface area contributed by atoms with Gasteiger partial charge in [-0.1, -0.05) is 18.7 Å². The molecular weight excluding hydrogens is 366 g/mol. The van der Waals surface area contributed by atoms with Gasteiger partial charge in [0.15, 0.2) is 0 Å². The SMILES string of the molecule is CC(C)OCCCNC(=O)CSc1ncnc2sc3c(c12)CC[C@@H](C)C3. The summed E-state index contributed by atoms with van der Waals surface area (Å²) in [4.78, 5) is 23.6. The Morgan fingerprint density at radius 1 is 1.46 bits per heavy atom. The lowest BCUT2D eigenvalue weighted by Gasteiger charge is -2.18. The van der Waals surface area contributed by atoms with Gasteiger partial charge in [-0.2, -0.15) is 0 Å². The van der Waals surface area contributed by atoms with Crippen LogP contribution < -0.4 is 5.32 Å². The molecule has 2 heterocycles. The number of fused-ring (bicyclic) bond motifs is 3. The normalized spacial score (nSPS) is 16.8. The molecule has 0 radical (unpaired) electrons. The van der Waals surface area contributed by atoms with Gasteiger partial charge in [0, 0.05) is 23.4 Å². The molecule has 0 saturated heterocycles. The minimum atomic E-state index is 0.0454. The van der Waals surface area contributed by atoms with Crippen LogP contribution in [0.2, 0.25) is 0 Å². The van der Waals surface area contributed by atoms with E-state index in [1.165, 1.54) is 34.0 Å². The number of carbonyl (C=O) groups excluding carboxylic acids is 1. The zero-order chi connectivity index (χ0) is 18.5. The molecule has 0 spiro atoms. The predicted octanol–water partition coefficient (Wildman–Crippen LogP) is 3.84. The molecule has 2 aromatic heterocycles. The molecule has 7 heteroatoms. The molecule has 3 rings (SSSR count). The van der Waals surface area contributed by atoms with Crippen LogP contribution in [0.15, 0.2) is 11.4 Å². The van der Waals surface area contributed by atoms with Gasteiger partial charge >= 0.3 is 0 Å². The number of ether oxygens (including phenoxy) is 1. The van der Waals surface area contributed by atoms with Crippen LogP contribution in [-0.4, -0.2) is 40.9 Å². The summed E-state index contributed by atoms with van der Waals surface area (Å²) in [7, 11) is 0. The largest absolute Gasteiger partial charge is 0.379 e. The molecule has 26 heavy (non-hydrogen) atoms. The van der Waals surface area contributed by atoms with Crippen LogP contribution in [0.4, 0.5) is 0 Å². The molecule has 1 amide bonds. The first-order chi connectivity index (χ1) is 12.5. The molecule has 142 valence electrons. The van der Waals surface area contributed by atoms with E-state index in [4.69, 9.17) is 4.74 Å². The Hall–Kier alpha value is -1.18. The fourth-order valence-electron chi connectivity index (χ4n) is 3.16. The first-order valence-corrected chi connectivity index (χ1v) is 11.1. The van der Waals surface area contributed by atoms with Crippen molar-refractivity contribution in [2.75, 3.05) is 18.9 Å². The van der Waals surface area contributed by atoms with Crippen molar-refractivity contribution in [1.82, 2.24) is 15.3 Å². The highest BCUT2D eigenvalue weighted by Gasteiger charge is 2.23. The number of aryl methyl sites for hydroxylation is 1. The number of hydrogen-bond donors (Lipinski definition) is 1. The number of rotatable bonds is 8. The summed E-state index contributed by atoms with van der Waals surface area (Å²) in [5.74, 6) is 1.17. The highest BCUT2D eigenvalue weighted by Crippen LogP contribution is 2.40. The Balaban J connectivity index is 1.57. The van der Waals surface area contributed by atoms with E-state index < -0.39 is 0 Å². The number of aromatic nitrogens is 2. The number of thiophene rings is 1. The van der Waals surface area contributed by atoms with Crippen molar-refractivity contribution >= 4 is 39.2 Å². The first kappa shape index (κ1) is 19.6. The zero-order valence-electron chi connectivity index (χ0n) is 15.7. The molecule has 2 aromatic rings. The van der Waals surface area contributed by atoms with Crippen molar-refractivity contribution in [1.29, 1.82) is 0 Å². The Morgan fingerprint density at radius 2 is 2.31 bits per heavy atom. The van der Waals surface area contributed by atoms with Crippen LogP contribution >= 0.6 is 23.1 Å². The van der Waals surface area contributed by atoms with Crippen LogP contribution in [0.5, 0.6) is 0 Å². The van der Waals surface area contributed by atoms with Gasteiger partial charge in [-0.05, 0) is 51.0 Å². The summed E-state index contributed by atoms with van der Waals surface area (Å²) >= 11 is 3.31. The van der Waals surface area contributed by atoms with Gasteiger partial charge in [0.1, 0.15) is 16.2 Å². The van der Waals surface area contributed by atoms with E-state index in [9.17, 15) is 4.79 Å². The van der Waals surface area contributed by atoms with Crippen LogP contribution in [0.25, 0.3) is 10.2 Å². The third-order valence-electron chi connectivity index (χ3n) is 4.49. The van der Waals surface area contributed by atoms with E-state index >= 15 is 0 Å². The minimum Gasteiger partial charge on any atom is -0.379 e. The van der Waals surface area contributed by atoms with Crippen LogP contribution in [0, 0.1) is 5.92 Å². The van der Waals surface area contributed by atoms with Gasteiger partial charge in [-0.15, -0.1) is 11.3 Å². The maximum absolute atomic E-state index is 12.1. The van der Waals surface area contributed by atoms with Crippen molar-refractivity contribution in [2.45, 2.75) is 57.6 Å². The highest BCUT2D eigenvalue weighted by atomic mass is 32.2. The van der Waals surface area contributed by atoms with E-state index in [1.54, 1.807) is 17.7 Å². The van der Waals surface area contributed by atoms with E-state index in [1.807, 2.05) is 13.8 Å². The smallest absolute Gasteiger partial charge is 0.230 e. The molecule has 0 saturated carbocycles. The van der Waals surface area contributed by atoms with Crippen molar-refractivity contribution in [3.63, 3.8) is 0 Å². The average molecular weight is 394 g/mol. The molecule has 1 aliphatic carbocycles. The van der Waals surface area contributed by atoms with Crippen molar-refractivity contribution < 1.29 is 9.53 Å². The molecule has 1 atom stereocenters. The number of carbonyl (C=O) groups is 1. The maximum Gasteiger partial charge on any atom is 0.230 e. The summed E-state index contributed by atoms with van der Waals surface area (Å²) in [6.45, 7) is 7.67. The summed E-state index contributed by atoms with van der Waals surface area (Å²) in [5, 5.41) is 5.08. The quantitative estimate of drug-likeness (QED) is 0.419. The van der Waals surface area contributed by atoms with Gasteiger partial charge in [-0.25, -0.2) is 9.97 Å². The Labute approximate surface area is 163 Å². The Morgan fingerprint density at radius 3 is 3.12 bits per heavy atom. The highest BCUT2D eigenvalue weighted by molar-refractivity contribution is 8.00. The van der Waals surface area contributed by atoms with E-state index in [-0.39, 0.29) is 12.0 Å². The van der Waals surface area contributed by atoms with E-state index in [2.05, 4.69) is 22.2 Å². The molecule has 5 nitrogen and oxygen atoms in total. The molecule has 1 N–H and O–H groups in total. The molecule has 0 aromatic carbocycles. The molecule has 1 aliphatic rings. The predicted molar refractivity (Wildman–Crippen MR) is 108 cm³/mol. The van der Waals surface area contributed by atoms with Crippen molar-refractivity contribution in [3.05, 3.63) is 16.8 Å². The van der Waals surface area contributed by atoms with Gasteiger partial charge in [0.2, 0.25) is 5.91 Å². The fraction of sp³-hybridized carbons (Fsp3) is 0.632. The van der Waals surface area contributed by atoms with Crippen molar-refractivity contribution in [2.24, 2.45) is 5.92 Å². The first-order valence-electron chi connectivity index (χ1n) is 9.31. The van der Waals surface area contributed by atoms with Gasteiger partial charge in [0.05, 0.1) is 11.9 Å². The number of nitrogens with one attached hydrogen (secondary N) is 1. The number of thioether (sulfide) groups is 1. The molecule has 0 bridgehead atoms. The maximum atomic E-state index is 12.1. The second-order valence-electron chi connectivity index (χ2n) is 7.12. The van der Waals surface area contributed by atoms with Gasteiger partial charge in [0.25, 0.3) is 0 Å². The van der Waals surface area contributed by atoms with Crippen LogP contribution in [0.3, 0.4) is 0 Å². The Bertz CT molecular complexity index is 761. The fourth-order valence-corrected chi connectivity index (χ4v) is 5.43. The Kier molecular flexibility index (Phi) is 6.89. The van der Waals surface area contributed by atoms with E-state index in [0.29, 0.717) is 18.9 Å². The summed E-state index contributed by atoms with van der Waals surface area (Å²) in [6, 6.07) is 0.